The van der Waals surface area contributed by atoms with E-state index in [0.717, 1.165) is 23.7 Å². The summed E-state index contributed by atoms with van der Waals surface area (Å²) >= 11 is 0. The summed E-state index contributed by atoms with van der Waals surface area (Å²) in [5.74, 6) is 4.57. The molecule has 3 aliphatic rings. The highest BCUT2D eigenvalue weighted by Gasteiger charge is 2.32. The second-order valence-electron chi connectivity index (χ2n) is 6.86. The maximum atomic E-state index is 1.61. The molecule has 3 saturated carbocycles. The van der Waals surface area contributed by atoms with Gasteiger partial charge in [0.2, 0.25) is 0 Å². The normalized spacial score (nSPS) is 36.8. The predicted molar refractivity (Wildman–Crippen MR) is 69.4 cm³/mol. The second kappa shape index (κ2) is 5.10. The van der Waals surface area contributed by atoms with Gasteiger partial charge in [-0.15, -0.1) is 0 Å². The Balaban J connectivity index is 1.38. The van der Waals surface area contributed by atoms with Crippen LogP contribution in [0.4, 0.5) is 0 Å². The molecule has 0 heteroatoms. The highest BCUT2D eigenvalue weighted by atomic mass is 14.4. The first-order valence-corrected chi connectivity index (χ1v) is 7.92. The van der Waals surface area contributed by atoms with Crippen molar-refractivity contribution in [3.8, 4) is 0 Å². The van der Waals surface area contributed by atoms with Gasteiger partial charge in [0.1, 0.15) is 0 Å². The van der Waals surface area contributed by atoms with Crippen LogP contribution in [0.1, 0.15) is 77.0 Å². The van der Waals surface area contributed by atoms with Gasteiger partial charge in [0.15, 0.2) is 0 Å². The van der Waals surface area contributed by atoms with Crippen LogP contribution in [-0.4, -0.2) is 0 Å². The number of rotatable bonds is 4. The zero-order valence-corrected chi connectivity index (χ0v) is 10.8. The molecule has 0 nitrogen and oxygen atoms in total. The molecule has 16 heavy (non-hydrogen) atoms. The van der Waals surface area contributed by atoms with Crippen molar-refractivity contribution >= 4 is 0 Å². The molecule has 3 rings (SSSR count). The summed E-state index contributed by atoms with van der Waals surface area (Å²) in [6.07, 6.45) is 18.8. The Bertz CT molecular complexity index is 210. The first kappa shape index (κ1) is 11.1. The van der Waals surface area contributed by atoms with E-state index in [1.165, 1.54) is 19.3 Å². The summed E-state index contributed by atoms with van der Waals surface area (Å²) < 4.78 is 0. The van der Waals surface area contributed by atoms with Gasteiger partial charge in [0, 0.05) is 0 Å². The van der Waals surface area contributed by atoms with Crippen molar-refractivity contribution < 1.29 is 0 Å². The molecule has 92 valence electrons. The lowest BCUT2D eigenvalue weighted by atomic mass is 9.80. The van der Waals surface area contributed by atoms with E-state index in [-0.39, 0.29) is 0 Å². The molecule has 2 atom stereocenters. The maximum absolute atomic E-state index is 1.61. The lowest BCUT2D eigenvalue weighted by Gasteiger charge is -2.26. The van der Waals surface area contributed by atoms with E-state index < -0.39 is 0 Å². The van der Waals surface area contributed by atoms with Crippen molar-refractivity contribution in [1.82, 2.24) is 0 Å². The topological polar surface area (TPSA) is 0 Å². The van der Waals surface area contributed by atoms with Crippen LogP contribution in [0.15, 0.2) is 0 Å². The summed E-state index contributed by atoms with van der Waals surface area (Å²) in [6.45, 7) is 0. The van der Waals surface area contributed by atoms with Crippen molar-refractivity contribution in [3.63, 3.8) is 0 Å². The largest absolute Gasteiger partial charge is 0.0530 e. The zero-order chi connectivity index (χ0) is 10.8. The molecule has 3 aliphatic carbocycles. The highest BCUT2D eigenvalue weighted by molar-refractivity contribution is 4.84. The van der Waals surface area contributed by atoms with E-state index in [2.05, 4.69) is 0 Å². The van der Waals surface area contributed by atoms with Crippen LogP contribution in [0.5, 0.6) is 0 Å². The number of hydrogen-bond acceptors (Lipinski definition) is 0. The van der Waals surface area contributed by atoms with Crippen LogP contribution in [0, 0.1) is 23.7 Å². The highest BCUT2D eigenvalue weighted by Crippen LogP contribution is 2.45. The molecule has 0 spiro atoms. The van der Waals surface area contributed by atoms with Crippen LogP contribution in [0.3, 0.4) is 0 Å². The van der Waals surface area contributed by atoms with Gasteiger partial charge in [0.05, 0.1) is 0 Å². The van der Waals surface area contributed by atoms with Gasteiger partial charge in [-0.05, 0) is 36.5 Å². The minimum Gasteiger partial charge on any atom is -0.0530 e. The molecule has 0 amide bonds. The zero-order valence-electron chi connectivity index (χ0n) is 10.8. The van der Waals surface area contributed by atoms with Crippen LogP contribution in [0.2, 0.25) is 0 Å². The summed E-state index contributed by atoms with van der Waals surface area (Å²) in [4.78, 5) is 0. The first-order chi connectivity index (χ1) is 7.92. The van der Waals surface area contributed by atoms with E-state index >= 15 is 0 Å². The van der Waals surface area contributed by atoms with E-state index in [0.29, 0.717) is 0 Å². The fourth-order valence-electron chi connectivity index (χ4n) is 4.49. The van der Waals surface area contributed by atoms with Crippen LogP contribution < -0.4 is 0 Å². The SMILES string of the molecule is C1CC(CCC2CCC(C3CCCC3)C2)C1. The molecular formula is C16H28. The number of hydrogen-bond donors (Lipinski definition) is 0. The lowest BCUT2D eigenvalue weighted by molar-refractivity contribution is 0.263. The van der Waals surface area contributed by atoms with Crippen LogP contribution in [-0.2, 0) is 0 Å². The van der Waals surface area contributed by atoms with E-state index in [9.17, 15) is 0 Å². The molecular weight excluding hydrogens is 192 g/mol. The molecule has 2 unspecified atom stereocenters. The fraction of sp³-hybridized carbons (Fsp3) is 1.00. The Kier molecular flexibility index (Phi) is 3.54. The van der Waals surface area contributed by atoms with Crippen LogP contribution >= 0.6 is 0 Å². The summed E-state index contributed by atoms with van der Waals surface area (Å²) in [6, 6.07) is 0. The molecule has 0 bridgehead atoms. The van der Waals surface area contributed by atoms with Gasteiger partial charge in [-0.3, -0.25) is 0 Å². The van der Waals surface area contributed by atoms with Gasteiger partial charge >= 0.3 is 0 Å². The van der Waals surface area contributed by atoms with Crippen molar-refractivity contribution in [2.45, 2.75) is 77.0 Å². The molecule has 0 radical (unpaired) electrons. The van der Waals surface area contributed by atoms with Crippen molar-refractivity contribution in [2.75, 3.05) is 0 Å². The van der Waals surface area contributed by atoms with Crippen molar-refractivity contribution in [1.29, 1.82) is 0 Å². The standard InChI is InChI=1S/C16H28/c1-2-7-15(6-1)16-11-10-14(12-16)9-8-13-4-3-5-13/h13-16H,1-12H2. The Hall–Kier alpha value is 0. The summed E-state index contributed by atoms with van der Waals surface area (Å²) in [5.41, 5.74) is 0. The molecule has 3 fully saturated rings. The molecule has 0 N–H and O–H groups in total. The maximum Gasteiger partial charge on any atom is -0.0383 e. The fourth-order valence-corrected chi connectivity index (χ4v) is 4.49. The molecule has 0 saturated heterocycles. The van der Waals surface area contributed by atoms with Gasteiger partial charge in [0.25, 0.3) is 0 Å². The third-order valence-electron chi connectivity index (χ3n) is 5.86. The minimum absolute atomic E-state index is 1.13. The quantitative estimate of drug-likeness (QED) is 0.613. The second-order valence-corrected chi connectivity index (χ2v) is 6.86. The average molecular weight is 220 g/mol. The van der Waals surface area contributed by atoms with Crippen LogP contribution in [0.25, 0.3) is 0 Å². The van der Waals surface area contributed by atoms with Gasteiger partial charge < -0.3 is 0 Å². The van der Waals surface area contributed by atoms with Crippen molar-refractivity contribution in [2.24, 2.45) is 23.7 Å². The molecule has 0 heterocycles. The van der Waals surface area contributed by atoms with Crippen molar-refractivity contribution in [3.05, 3.63) is 0 Å². The van der Waals surface area contributed by atoms with Gasteiger partial charge in [-0.2, -0.15) is 0 Å². The first-order valence-electron chi connectivity index (χ1n) is 7.92. The third-order valence-corrected chi connectivity index (χ3v) is 5.86. The summed E-state index contributed by atoms with van der Waals surface area (Å²) in [5, 5.41) is 0. The molecule has 0 aromatic carbocycles. The smallest absolute Gasteiger partial charge is 0.0383 e. The van der Waals surface area contributed by atoms with Gasteiger partial charge in [-0.1, -0.05) is 64.2 Å². The monoisotopic (exact) mass is 220 g/mol. The minimum atomic E-state index is 1.13. The van der Waals surface area contributed by atoms with E-state index in [1.54, 1.807) is 57.8 Å². The van der Waals surface area contributed by atoms with E-state index in [1.807, 2.05) is 0 Å². The predicted octanol–water partition coefficient (Wildman–Crippen LogP) is 5.17. The molecule has 0 aromatic heterocycles. The molecule has 0 aliphatic heterocycles. The summed E-state index contributed by atoms with van der Waals surface area (Å²) in [7, 11) is 0. The Morgan fingerprint density at radius 2 is 1.31 bits per heavy atom. The molecule has 0 aromatic rings. The average Bonchev–Trinajstić information content (AvgIpc) is 2.84. The lowest BCUT2D eigenvalue weighted by Crippen LogP contribution is -2.12. The Labute approximate surface area is 101 Å². The Morgan fingerprint density at radius 3 is 2.00 bits per heavy atom. The van der Waals surface area contributed by atoms with Gasteiger partial charge in [-0.25, -0.2) is 0 Å². The van der Waals surface area contributed by atoms with E-state index in [4.69, 9.17) is 0 Å². The Morgan fingerprint density at radius 1 is 0.562 bits per heavy atom. The third kappa shape index (κ3) is 2.46.